The Morgan fingerprint density at radius 3 is 2.58 bits per heavy atom. The number of alkyl halides is 3. The highest BCUT2D eigenvalue weighted by Gasteiger charge is 2.43. The van der Waals surface area contributed by atoms with Crippen LogP contribution in [0.4, 0.5) is 33.5 Å². The molecule has 1 aliphatic carbocycles. The van der Waals surface area contributed by atoms with Gasteiger partial charge in [-0.1, -0.05) is 13.5 Å². The molecule has 1 unspecified atom stereocenters. The molecule has 260 valence electrons. The van der Waals surface area contributed by atoms with Crippen LogP contribution in [0, 0.1) is 41.8 Å². The second-order valence-electron chi connectivity index (χ2n) is 13.7. The van der Waals surface area contributed by atoms with Crippen LogP contribution in [-0.4, -0.2) is 60.0 Å². The maximum atomic E-state index is 15.7. The molecule has 1 aromatic heterocycles. The van der Waals surface area contributed by atoms with E-state index in [1.54, 1.807) is 6.92 Å². The van der Waals surface area contributed by atoms with Crippen LogP contribution in [0.3, 0.4) is 0 Å². The van der Waals surface area contributed by atoms with Crippen molar-refractivity contribution < 1.29 is 31.5 Å². The molecule has 5 rings (SSSR count). The number of hydrogen-bond acceptors (Lipinski definition) is 8. The number of rotatable bonds is 8. The molecule has 0 amide bonds. The lowest BCUT2D eigenvalue weighted by Crippen LogP contribution is -2.38. The van der Waals surface area contributed by atoms with Crippen LogP contribution in [0.5, 0.6) is 6.01 Å². The van der Waals surface area contributed by atoms with Gasteiger partial charge in [0, 0.05) is 42.6 Å². The number of aromatic nitrogens is 2. The van der Waals surface area contributed by atoms with Crippen LogP contribution in [0.2, 0.25) is 0 Å². The molecule has 2 N–H and O–H groups in total. The third-order valence-electron chi connectivity index (χ3n) is 10.4. The summed E-state index contributed by atoms with van der Waals surface area (Å²) in [5.41, 5.74) is 5.07. The maximum absolute atomic E-state index is 15.7. The van der Waals surface area contributed by atoms with E-state index >= 15 is 4.39 Å². The number of hydrogen-bond donors (Lipinski definition) is 1. The van der Waals surface area contributed by atoms with E-state index in [0.717, 1.165) is 25.5 Å². The SMILES string of the molecule is C=C(F)C(=O)C1CC[C@H](CC#N)CN(c2nc(OC[C@@H]3CCCN3C)nc3c2C[C@@H](C)[C@H](c2c(F)c(N)cc(C)c2C(F)(F)F)C3)CC1. The number of likely N-dealkylation sites (tertiary alicyclic amines) is 1. The van der Waals surface area contributed by atoms with Crippen molar-refractivity contribution in [3.63, 3.8) is 0 Å². The first kappa shape index (κ1) is 35.5. The van der Waals surface area contributed by atoms with Crippen LogP contribution in [0.1, 0.15) is 79.3 Å². The summed E-state index contributed by atoms with van der Waals surface area (Å²) in [5, 5.41) is 9.57. The van der Waals surface area contributed by atoms with Crippen LogP contribution >= 0.6 is 0 Å². The molecule has 0 radical (unpaired) electrons. The minimum atomic E-state index is -4.80. The molecule has 5 atom stereocenters. The molecule has 2 aliphatic heterocycles. The van der Waals surface area contributed by atoms with Crippen molar-refractivity contribution in [3.05, 3.63) is 52.2 Å². The average molecular weight is 675 g/mol. The van der Waals surface area contributed by atoms with Gasteiger partial charge in [-0.15, -0.1) is 0 Å². The Bertz CT molecular complexity index is 1590. The number of fused-ring (bicyclic) bond motifs is 1. The molecule has 0 saturated carbocycles. The number of nitrogen functional groups attached to an aromatic ring is 1. The number of likely N-dealkylation sites (N-methyl/N-ethyl adjacent to an activating group) is 1. The van der Waals surface area contributed by atoms with Gasteiger partial charge >= 0.3 is 12.2 Å². The summed E-state index contributed by atoms with van der Waals surface area (Å²) in [5.74, 6) is -4.32. The predicted molar refractivity (Wildman–Crippen MR) is 172 cm³/mol. The molecule has 3 aliphatic rings. The first-order valence-corrected chi connectivity index (χ1v) is 16.6. The standard InChI is InChI=1S/C35H43F5N6O2/c1-19-14-26-28(16-25(19)29-30(35(38,39)40)20(2)15-27(42)31(29)37)43-34(48-18-24-6-5-12-45(24)4)44-33(26)46-13-10-23(32(47)21(3)36)8-7-22(17-46)9-11-41/h15,19,22-25H,3,5-10,12-14,16-18,42H2,1-2,4H3/t19-,22-,23?,24+,25-/m1/s1. The zero-order valence-corrected chi connectivity index (χ0v) is 27.7. The zero-order chi connectivity index (χ0) is 34.9. The number of benzene rings is 1. The van der Waals surface area contributed by atoms with E-state index in [4.69, 9.17) is 20.4 Å². The highest BCUT2D eigenvalue weighted by atomic mass is 19.4. The van der Waals surface area contributed by atoms with Gasteiger partial charge in [0.25, 0.3) is 0 Å². The number of nitrogens with zero attached hydrogens (tertiary/aromatic N) is 5. The van der Waals surface area contributed by atoms with E-state index < -0.39 is 52.5 Å². The number of ether oxygens (including phenoxy) is 1. The fraction of sp³-hybridized carbons (Fsp3) is 0.600. The van der Waals surface area contributed by atoms with Gasteiger partial charge in [-0.25, -0.2) is 8.78 Å². The van der Waals surface area contributed by atoms with Gasteiger partial charge in [-0.2, -0.15) is 28.4 Å². The normalized spacial score (nSPS) is 25.1. The summed E-state index contributed by atoms with van der Waals surface area (Å²) in [6.45, 7) is 8.24. The fourth-order valence-electron chi connectivity index (χ4n) is 7.75. The summed E-state index contributed by atoms with van der Waals surface area (Å²) in [7, 11) is 2.01. The molecule has 2 aromatic rings. The van der Waals surface area contributed by atoms with Crippen LogP contribution < -0.4 is 15.4 Å². The Morgan fingerprint density at radius 1 is 1.19 bits per heavy atom. The maximum Gasteiger partial charge on any atom is 0.417 e. The minimum absolute atomic E-state index is 0.00709. The number of halogens is 5. The second kappa shape index (κ2) is 14.4. The molecule has 3 heterocycles. The second-order valence-corrected chi connectivity index (χ2v) is 13.7. The number of allylic oxidation sites excluding steroid dienone is 1. The topological polar surface area (TPSA) is 108 Å². The summed E-state index contributed by atoms with van der Waals surface area (Å²) >= 11 is 0. The number of carbonyl (C=O) groups is 1. The van der Waals surface area contributed by atoms with E-state index in [1.807, 2.05) is 11.9 Å². The third kappa shape index (κ3) is 7.43. The van der Waals surface area contributed by atoms with Gasteiger partial charge in [0.1, 0.15) is 18.2 Å². The van der Waals surface area contributed by atoms with Crippen molar-refractivity contribution >= 4 is 17.3 Å². The van der Waals surface area contributed by atoms with Crippen molar-refractivity contribution in [2.24, 2.45) is 17.8 Å². The summed E-state index contributed by atoms with van der Waals surface area (Å²) in [6, 6.07) is 3.43. The Balaban J connectivity index is 1.59. The van der Waals surface area contributed by atoms with Crippen molar-refractivity contribution in [2.75, 3.05) is 43.9 Å². The molecule has 1 aromatic carbocycles. The quantitative estimate of drug-likeness (QED) is 0.187. The molecule has 0 bridgehead atoms. The first-order chi connectivity index (χ1) is 22.7. The predicted octanol–water partition coefficient (Wildman–Crippen LogP) is 6.71. The lowest BCUT2D eigenvalue weighted by molar-refractivity contribution is -0.139. The van der Waals surface area contributed by atoms with Crippen molar-refractivity contribution in [1.82, 2.24) is 14.9 Å². The highest BCUT2D eigenvalue weighted by Crippen LogP contribution is 2.47. The molecule has 13 heteroatoms. The first-order valence-electron chi connectivity index (χ1n) is 16.6. The molecule has 8 nitrogen and oxygen atoms in total. The van der Waals surface area contributed by atoms with Crippen molar-refractivity contribution in [2.45, 2.75) is 83.4 Å². The van der Waals surface area contributed by atoms with E-state index in [-0.39, 0.29) is 48.5 Å². The van der Waals surface area contributed by atoms with E-state index in [1.165, 1.54) is 6.92 Å². The molecule has 2 saturated heterocycles. The fourth-order valence-corrected chi connectivity index (χ4v) is 7.75. The van der Waals surface area contributed by atoms with Gasteiger partial charge in [0.15, 0.2) is 11.6 Å². The third-order valence-corrected chi connectivity index (χ3v) is 10.4. The lowest BCUT2D eigenvalue weighted by Gasteiger charge is -2.37. The molecular weight excluding hydrogens is 631 g/mol. The smallest absolute Gasteiger partial charge is 0.417 e. The van der Waals surface area contributed by atoms with Gasteiger partial charge in [0.05, 0.1) is 23.0 Å². The number of anilines is 2. The van der Waals surface area contributed by atoms with Crippen LogP contribution in [0.15, 0.2) is 18.5 Å². The number of Topliss-reactive ketones (excluding diaryl/α,β-unsaturated/α-hetero) is 1. The Hall–Kier alpha value is -3.79. The average Bonchev–Trinajstić information content (AvgIpc) is 3.42. The Morgan fingerprint density at radius 2 is 1.94 bits per heavy atom. The van der Waals surface area contributed by atoms with E-state index in [9.17, 15) is 27.6 Å². The van der Waals surface area contributed by atoms with E-state index in [2.05, 4.69) is 17.5 Å². The Labute approximate surface area is 278 Å². The van der Waals surface area contributed by atoms with Crippen molar-refractivity contribution in [1.29, 1.82) is 5.26 Å². The van der Waals surface area contributed by atoms with Crippen LogP contribution in [0.25, 0.3) is 0 Å². The van der Waals surface area contributed by atoms with Gasteiger partial charge in [-0.05, 0) is 94.8 Å². The minimum Gasteiger partial charge on any atom is -0.462 e. The summed E-state index contributed by atoms with van der Waals surface area (Å²) in [4.78, 5) is 26.4. The molecule has 48 heavy (non-hydrogen) atoms. The molecule has 2 fully saturated rings. The lowest BCUT2D eigenvalue weighted by atomic mass is 9.73. The molecule has 0 spiro atoms. The number of nitrogens with two attached hydrogens (primary N) is 1. The summed E-state index contributed by atoms with van der Waals surface area (Å²) in [6.07, 6.45) is -1.13. The number of aryl methyl sites for hydroxylation is 1. The van der Waals surface area contributed by atoms with Crippen LogP contribution in [-0.2, 0) is 23.8 Å². The number of carbonyl (C=O) groups excluding carboxylic acids is 1. The Kier molecular flexibility index (Phi) is 10.6. The van der Waals surface area contributed by atoms with E-state index in [0.29, 0.717) is 56.0 Å². The molecular formula is C35H43F5N6O2. The summed E-state index contributed by atoms with van der Waals surface area (Å²) < 4.78 is 79.0. The zero-order valence-electron chi connectivity index (χ0n) is 27.7. The highest BCUT2D eigenvalue weighted by molar-refractivity contribution is 5.94. The number of ketones is 1. The monoisotopic (exact) mass is 674 g/mol. The van der Waals surface area contributed by atoms with Gasteiger partial charge < -0.3 is 20.3 Å². The number of nitriles is 1. The largest absolute Gasteiger partial charge is 0.462 e. The van der Waals surface area contributed by atoms with Gasteiger partial charge in [-0.3, -0.25) is 4.79 Å². The van der Waals surface area contributed by atoms with Crippen molar-refractivity contribution in [3.8, 4) is 12.1 Å². The van der Waals surface area contributed by atoms with Gasteiger partial charge in [0.2, 0.25) is 0 Å².